The van der Waals surface area contributed by atoms with Crippen molar-refractivity contribution in [3.63, 3.8) is 0 Å². The van der Waals surface area contributed by atoms with E-state index in [1.54, 1.807) is 6.20 Å². The molecule has 1 aromatic heterocycles. The van der Waals surface area contributed by atoms with Crippen LogP contribution in [0.15, 0.2) is 18.3 Å². The third-order valence-electron chi connectivity index (χ3n) is 2.49. The third-order valence-corrected chi connectivity index (χ3v) is 2.49. The Bertz CT molecular complexity index is 359. The first-order chi connectivity index (χ1) is 7.27. The number of ether oxygens (including phenoxy) is 1. The summed E-state index contributed by atoms with van der Waals surface area (Å²) in [7, 11) is 0. The number of carbonyl (C=O) groups excluding carboxylic acids is 1. The summed E-state index contributed by atoms with van der Waals surface area (Å²) in [5, 5.41) is 2.91. The Balaban J connectivity index is 2.04. The van der Waals surface area contributed by atoms with Crippen LogP contribution in [0.5, 0.6) is 0 Å². The molecule has 1 fully saturated rings. The Morgan fingerprint density at radius 1 is 1.67 bits per heavy atom. The van der Waals surface area contributed by atoms with Crippen LogP contribution in [-0.2, 0) is 4.74 Å². The van der Waals surface area contributed by atoms with Crippen LogP contribution >= 0.6 is 0 Å². The lowest BCUT2D eigenvalue weighted by atomic mass is 10.2. The van der Waals surface area contributed by atoms with Crippen LogP contribution in [-0.4, -0.2) is 30.1 Å². The molecule has 4 heteroatoms. The van der Waals surface area contributed by atoms with Gasteiger partial charge in [-0.25, -0.2) is 0 Å². The zero-order chi connectivity index (χ0) is 10.7. The van der Waals surface area contributed by atoms with E-state index in [-0.39, 0.29) is 11.9 Å². The van der Waals surface area contributed by atoms with Gasteiger partial charge in [0.2, 0.25) is 0 Å². The molecule has 4 nitrogen and oxygen atoms in total. The van der Waals surface area contributed by atoms with Crippen molar-refractivity contribution < 1.29 is 9.53 Å². The molecule has 2 heterocycles. The molecule has 0 saturated carbocycles. The normalized spacial score (nSPS) is 20.2. The van der Waals surface area contributed by atoms with Crippen LogP contribution < -0.4 is 5.32 Å². The number of carbonyl (C=O) groups is 1. The first-order valence-electron chi connectivity index (χ1n) is 5.07. The zero-order valence-electron chi connectivity index (χ0n) is 8.69. The fourth-order valence-corrected chi connectivity index (χ4v) is 1.63. The molecule has 1 aliphatic heterocycles. The van der Waals surface area contributed by atoms with Gasteiger partial charge in [-0.2, -0.15) is 0 Å². The van der Waals surface area contributed by atoms with Crippen molar-refractivity contribution in [1.82, 2.24) is 10.3 Å². The second-order valence-corrected chi connectivity index (χ2v) is 3.70. The van der Waals surface area contributed by atoms with Crippen molar-refractivity contribution in [2.24, 2.45) is 0 Å². The lowest BCUT2D eigenvalue weighted by Crippen LogP contribution is -2.35. The van der Waals surface area contributed by atoms with Gasteiger partial charge >= 0.3 is 0 Å². The molecule has 0 bridgehead atoms. The lowest BCUT2D eigenvalue weighted by molar-refractivity contribution is 0.0924. The van der Waals surface area contributed by atoms with Crippen LogP contribution in [0.1, 0.15) is 22.5 Å². The first kappa shape index (κ1) is 10.1. The number of rotatable bonds is 2. The van der Waals surface area contributed by atoms with E-state index in [0.717, 1.165) is 18.6 Å². The molecular weight excluding hydrogens is 192 g/mol. The van der Waals surface area contributed by atoms with Gasteiger partial charge in [-0.1, -0.05) is 6.07 Å². The highest BCUT2D eigenvalue weighted by Crippen LogP contribution is 2.07. The van der Waals surface area contributed by atoms with Crippen molar-refractivity contribution in [2.45, 2.75) is 19.4 Å². The zero-order valence-corrected chi connectivity index (χ0v) is 8.69. The highest BCUT2D eigenvalue weighted by atomic mass is 16.5. The molecule has 15 heavy (non-hydrogen) atoms. The molecule has 0 aromatic carbocycles. The molecule has 0 unspecified atom stereocenters. The van der Waals surface area contributed by atoms with Crippen LogP contribution in [0.2, 0.25) is 0 Å². The number of nitrogens with one attached hydrogen (secondary N) is 1. The van der Waals surface area contributed by atoms with Crippen molar-refractivity contribution in [2.75, 3.05) is 13.2 Å². The molecule has 1 N–H and O–H groups in total. The van der Waals surface area contributed by atoms with Gasteiger partial charge in [-0.15, -0.1) is 0 Å². The van der Waals surface area contributed by atoms with Crippen LogP contribution in [0.25, 0.3) is 0 Å². The second kappa shape index (κ2) is 4.40. The average molecular weight is 206 g/mol. The first-order valence-corrected chi connectivity index (χ1v) is 5.07. The van der Waals surface area contributed by atoms with E-state index in [1.165, 1.54) is 0 Å². The maximum absolute atomic E-state index is 11.8. The number of hydrogen-bond donors (Lipinski definition) is 1. The van der Waals surface area contributed by atoms with Gasteiger partial charge in [0.25, 0.3) is 5.91 Å². The molecule has 1 aliphatic rings. The summed E-state index contributed by atoms with van der Waals surface area (Å²) in [6, 6.07) is 3.84. The molecule has 1 saturated heterocycles. The molecule has 1 amide bonds. The highest BCUT2D eigenvalue weighted by molar-refractivity contribution is 5.93. The Morgan fingerprint density at radius 2 is 2.53 bits per heavy atom. The fraction of sp³-hybridized carbons (Fsp3) is 0.455. The van der Waals surface area contributed by atoms with Gasteiger partial charge in [0.1, 0.15) is 5.69 Å². The van der Waals surface area contributed by atoms with Crippen molar-refractivity contribution in [3.8, 4) is 0 Å². The maximum Gasteiger partial charge on any atom is 0.270 e. The predicted octanol–water partition coefficient (Wildman–Crippen LogP) is 0.909. The van der Waals surface area contributed by atoms with Gasteiger partial charge in [0.15, 0.2) is 0 Å². The quantitative estimate of drug-likeness (QED) is 0.782. The largest absolute Gasteiger partial charge is 0.379 e. The molecule has 0 radical (unpaired) electrons. The monoisotopic (exact) mass is 206 g/mol. The topological polar surface area (TPSA) is 51.2 Å². The van der Waals surface area contributed by atoms with Gasteiger partial charge in [-0.05, 0) is 25.0 Å². The number of hydrogen-bond acceptors (Lipinski definition) is 3. The molecule has 1 atom stereocenters. The molecular formula is C11H14N2O2. The summed E-state index contributed by atoms with van der Waals surface area (Å²) in [5.74, 6) is -0.108. The minimum atomic E-state index is -0.108. The van der Waals surface area contributed by atoms with Crippen LogP contribution in [0.3, 0.4) is 0 Å². The van der Waals surface area contributed by atoms with E-state index in [1.807, 2.05) is 19.1 Å². The van der Waals surface area contributed by atoms with Crippen LogP contribution in [0, 0.1) is 6.92 Å². The number of aromatic nitrogens is 1. The van der Waals surface area contributed by atoms with Crippen LogP contribution in [0.4, 0.5) is 0 Å². The summed E-state index contributed by atoms with van der Waals surface area (Å²) in [5.41, 5.74) is 1.40. The van der Waals surface area contributed by atoms with Gasteiger partial charge in [-0.3, -0.25) is 9.78 Å². The maximum atomic E-state index is 11.8. The SMILES string of the molecule is Cc1cccnc1C(=O)N[C@@H]1CCOC1. The van der Waals surface area contributed by atoms with Crippen molar-refractivity contribution >= 4 is 5.91 Å². The number of pyridine rings is 1. The van der Waals surface area contributed by atoms with E-state index < -0.39 is 0 Å². The number of amides is 1. The van der Waals surface area contributed by atoms with Crippen molar-refractivity contribution in [3.05, 3.63) is 29.6 Å². The van der Waals surface area contributed by atoms with E-state index in [2.05, 4.69) is 10.3 Å². The predicted molar refractivity (Wildman–Crippen MR) is 55.7 cm³/mol. The standard InChI is InChI=1S/C11H14N2O2/c1-8-3-2-5-12-10(8)11(14)13-9-4-6-15-7-9/h2-3,5,9H,4,6-7H2,1H3,(H,13,14)/t9-/m1/s1. The number of aryl methyl sites for hydroxylation is 1. The Hall–Kier alpha value is -1.42. The van der Waals surface area contributed by atoms with E-state index in [4.69, 9.17) is 4.74 Å². The Kier molecular flexibility index (Phi) is 2.97. The summed E-state index contributed by atoms with van der Waals surface area (Å²) >= 11 is 0. The fourth-order valence-electron chi connectivity index (χ4n) is 1.63. The van der Waals surface area contributed by atoms with Gasteiger partial charge in [0.05, 0.1) is 12.6 Å². The molecule has 80 valence electrons. The summed E-state index contributed by atoms with van der Waals surface area (Å²) in [4.78, 5) is 15.9. The van der Waals surface area contributed by atoms with E-state index in [0.29, 0.717) is 12.3 Å². The highest BCUT2D eigenvalue weighted by Gasteiger charge is 2.19. The van der Waals surface area contributed by atoms with Gasteiger partial charge < -0.3 is 10.1 Å². The molecule has 2 rings (SSSR count). The Morgan fingerprint density at radius 3 is 3.20 bits per heavy atom. The average Bonchev–Trinajstić information content (AvgIpc) is 2.71. The summed E-state index contributed by atoms with van der Waals surface area (Å²) in [6.45, 7) is 3.22. The number of nitrogens with zero attached hydrogens (tertiary/aromatic N) is 1. The van der Waals surface area contributed by atoms with E-state index in [9.17, 15) is 4.79 Å². The second-order valence-electron chi connectivity index (χ2n) is 3.70. The third kappa shape index (κ3) is 2.33. The van der Waals surface area contributed by atoms with Crippen molar-refractivity contribution in [1.29, 1.82) is 0 Å². The molecule has 0 spiro atoms. The minimum Gasteiger partial charge on any atom is -0.379 e. The lowest BCUT2D eigenvalue weighted by Gasteiger charge is -2.10. The molecule has 1 aromatic rings. The summed E-state index contributed by atoms with van der Waals surface area (Å²) < 4.78 is 5.19. The Labute approximate surface area is 88.7 Å². The smallest absolute Gasteiger partial charge is 0.270 e. The van der Waals surface area contributed by atoms with E-state index >= 15 is 0 Å². The molecule has 0 aliphatic carbocycles. The summed E-state index contributed by atoms with van der Waals surface area (Å²) in [6.07, 6.45) is 2.52. The van der Waals surface area contributed by atoms with Gasteiger partial charge in [0, 0.05) is 12.8 Å². The minimum absolute atomic E-state index is 0.108.